The number of carbonyl (C=O) groups excluding carboxylic acids is 2. The fourth-order valence-corrected chi connectivity index (χ4v) is 4.50. The van der Waals surface area contributed by atoms with Gasteiger partial charge in [-0.05, 0) is 49.9 Å². The van der Waals surface area contributed by atoms with Gasteiger partial charge in [0.1, 0.15) is 11.3 Å². The number of nitrogens with zero attached hydrogens (tertiary/aromatic N) is 2. The Balaban J connectivity index is 1.40. The Bertz CT molecular complexity index is 1130. The molecule has 160 valence electrons. The minimum atomic E-state index is -0.680. The number of hydrogen-bond acceptors (Lipinski definition) is 4. The summed E-state index contributed by atoms with van der Waals surface area (Å²) in [6, 6.07) is 13.4. The highest BCUT2D eigenvalue weighted by atomic mass is 16.5. The standard InChI is InChI=1S/C25H26N2O4/c1-17-9-10-19-18(16-30-22(19)13-17)14-24(28)27-15-23(25(29)26-11-5-2-6-12-26)31-21-8-4-3-7-20(21)27/h3-4,7-10,13,16,23H,2,5-6,11-12,14-15H2,1H3. The number of likely N-dealkylation sites (tertiary alicyclic amines) is 1. The number of piperidine rings is 1. The van der Waals surface area contributed by atoms with Crippen molar-refractivity contribution in [3.63, 3.8) is 0 Å². The van der Waals surface area contributed by atoms with Crippen molar-refractivity contribution in [2.75, 3.05) is 24.5 Å². The van der Waals surface area contributed by atoms with Gasteiger partial charge in [-0.2, -0.15) is 0 Å². The minimum absolute atomic E-state index is 0.0313. The number of ether oxygens (including phenoxy) is 1. The van der Waals surface area contributed by atoms with Crippen LogP contribution in [0.3, 0.4) is 0 Å². The topological polar surface area (TPSA) is 63.0 Å². The number of fused-ring (bicyclic) bond motifs is 2. The molecular weight excluding hydrogens is 392 g/mol. The summed E-state index contributed by atoms with van der Waals surface area (Å²) in [5, 5.41) is 0.946. The van der Waals surface area contributed by atoms with Crippen LogP contribution in [0.5, 0.6) is 5.75 Å². The van der Waals surface area contributed by atoms with E-state index in [4.69, 9.17) is 9.15 Å². The molecule has 31 heavy (non-hydrogen) atoms. The Morgan fingerprint density at radius 2 is 1.87 bits per heavy atom. The van der Waals surface area contributed by atoms with Crippen molar-refractivity contribution >= 4 is 28.5 Å². The molecule has 3 heterocycles. The third-order valence-corrected chi connectivity index (χ3v) is 6.17. The van der Waals surface area contributed by atoms with Crippen LogP contribution in [0.2, 0.25) is 0 Å². The number of anilines is 1. The van der Waals surface area contributed by atoms with Crippen LogP contribution in [-0.4, -0.2) is 42.5 Å². The maximum Gasteiger partial charge on any atom is 0.265 e. The second-order valence-electron chi connectivity index (χ2n) is 8.40. The van der Waals surface area contributed by atoms with Crippen molar-refractivity contribution in [2.24, 2.45) is 0 Å². The molecule has 1 unspecified atom stereocenters. The van der Waals surface area contributed by atoms with E-state index in [0.717, 1.165) is 54.4 Å². The van der Waals surface area contributed by atoms with Gasteiger partial charge in [0.05, 0.1) is 24.9 Å². The van der Waals surface area contributed by atoms with E-state index in [-0.39, 0.29) is 24.8 Å². The third-order valence-electron chi connectivity index (χ3n) is 6.17. The number of amides is 2. The number of rotatable bonds is 3. The summed E-state index contributed by atoms with van der Waals surface area (Å²) in [6.45, 7) is 3.75. The highest BCUT2D eigenvalue weighted by Crippen LogP contribution is 2.34. The molecule has 1 fully saturated rings. The van der Waals surface area contributed by atoms with Crippen molar-refractivity contribution in [3.8, 4) is 5.75 Å². The first-order valence-electron chi connectivity index (χ1n) is 10.9. The largest absolute Gasteiger partial charge is 0.476 e. The molecule has 1 aromatic heterocycles. The van der Waals surface area contributed by atoms with Crippen molar-refractivity contribution in [3.05, 3.63) is 59.9 Å². The fraction of sp³-hybridized carbons (Fsp3) is 0.360. The summed E-state index contributed by atoms with van der Waals surface area (Å²) in [5.74, 6) is 0.469. The van der Waals surface area contributed by atoms with E-state index in [1.165, 1.54) is 0 Å². The van der Waals surface area contributed by atoms with Gasteiger partial charge in [-0.1, -0.05) is 24.3 Å². The number of benzene rings is 2. The lowest BCUT2D eigenvalue weighted by atomic mass is 10.1. The smallest absolute Gasteiger partial charge is 0.265 e. The number of hydrogen-bond donors (Lipinski definition) is 0. The normalized spacial score (nSPS) is 18.5. The van der Waals surface area contributed by atoms with Crippen LogP contribution in [0.4, 0.5) is 5.69 Å². The quantitative estimate of drug-likeness (QED) is 0.643. The third kappa shape index (κ3) is 3.78. The van der Waals surface area contributed by atoms with Gasteiger partial charge in [0.25, 0.3) is 5.91 Å². The van der Waals surface area contributed by atoms with Gasteiger partial charge in [-0.15, -0.1) is 0 Å². The van der Waals surface area contributed by atoms with E-state index in [0.29, 0.717) is 11.4 Å². The Kier molecular flexibility index (Phi) is 5.14. The van der Waals surface area contributed by atoms with E-state index in [9.17, 15) is 9.59 Å². The molecule has 2 aliphatic rings. The monoisotopic (exact) mass is 418 g/mol. The second kappa shape index (κ2) is 8.10. The molecule has 2 aromatic carbocycles. The molecule has 6 nitrogen and oxygen atoms in total. The molecule has 6 heteroatoms. The van der Waals surface area contributed by atoms with Crippen molar-refractivity contribution in [2.45, 2.75) is 38.7 Å². The molecular formula is C25H26N2O4. The average Bonchev–Trinajstić information content (AvgIpc) is 3.19. The number of furan rings is 1. The lowest BCUT2D eigenvalue weighted by Gasteiger charge is -2.37. The van der Waals surface area contributed by atoms with Gasteiger partial charge < -0.3 is 19.0 Å². The van der Waals surface area contributed by atoms with E-state index < -0.39 is 6.10 Å². The minimum Gasteiger partial charge on any atom is -0.476 e. The maximum absolute atomic E-state index is 13.4. The number of aryl methyl sites for hydroxylation is 1. The first kappa shape index (κ1) is 19.7. The first-order chi connectivity index (χ1) is 15.1. The van der Waals surface area contributed by atoms with Gasteiger partial charge in [-0.25, -0.2) is 0 Å². The molecule has 0 N–H and O–H groups in total. The van der Waals surface area contributed by atoms with E-state index in [1.54, 1.807) is 11.2 Å². The van der Waals surface area contributed by atoms with E-state index in [2.05, 4.69) is 0 Å². The highest BCUT2D eigenvalue weighted by molar-refractivity contribution is 6.00. The predicted molar refractivity (Wildman–Crippen MR) is 118 cm³/mol. The number of para-hydroxylation sites is 2. The zero-order chi connectivity index (χ0) is 21.4. The molecule has 0 saturated carbocycles. The summed E-state index contributed by atoms with van der Waals surface area (Å²) in [5.41, 5.74) is 3.45. The molecule has 1 saturated heterocycles. The van der Waals surface area contributed by atoms with E-state index in [1.807, 2.05) is 54.3 Å². The average molecular weight is 418 g/mol. The zero-order valence-electron chi connectivity index (χ0n) is 17.7. The predicted octanol–water partition coefficient (Wildman–Crippen LogP) is 4.09. The molecule has 5 rings (SSSR count). The van der Waals surface area contributed by atoms with Crippen LogP contribution < -0.4 is 9.64 Å². The van der Waals surface area contributed by atoms with Gasteiger partial charge in [0.15, 0.2) is 6.10 Å². The molecule has 0 aliphatic carbocycles. The molecule has 0 radical (unpaired) electrons. The highest BCUT2D eigenvalue weighted by Gasteiger charge is 2.36. The Morgan fingerprint density at radius 3 is 2.71 bits per heavy atom. The van der Waals surface area contributed by atoms with Gasteiger partial charge in [0, 0.05) is 24.0 Å². The Hall–Kier alpha value is -3.28. The van der Waals surface area contributed by atoms with Crippen molar-refractivity contribution < 1.29 is 18.7 Å². The first-order valence-corrected chi connectivity index (χ1v) is 10.9. The van der Waals surface area contributed by atoms with Crippen LogP contribution >= 0.6 is 0 Å². The van der Waals surface area contributed by atoms with Gasteiger partial charge >= 0.3 is 0 Å². The molecule has 0 spiro atoms. The van der Waals surface area contributed by atoms with Crippen LogP contribution in [-0.2, 0) is 16.0 Å². The molecule has 2 aliphatic heterocycles. The molecule has 2 amide bonds. The molecule has 3 aromatic rings. The van der Waals surface area contributed by atoms with Crippen LogP contribution in [0.25, 0.3) is 11.0 Å². The Labute approximate surface area is 181 Å². The van der Waals surface area contributed by atoms with Crippen molar-refractivity contribution in [1.29, 1.82) is 0 Å². The summed E-state index contributed by atoms with van der Waals surface area (Å²) in [4.78, 5) is 30.1. The summed E-state index contributed by atoms with van der Waals surface area (Å²) < 4.78 is 11.7. The number of carbonyl (C=O) groups is 2. The summed E-state index contributed by atoms with van der Waals surface area (Å²) in [6.07, 6.45) is 4.37. The lowest BCUT2D eigenvalue weighted by Crippen LogP contribution is -2.53. The van der Waals surface area contributed by atoms with Gasteiger partial charge in [-0.3, -0.25) is 9.59 Å². The summed E-state index contributed by atoms with van der Waals surface area (Å²) >= 11 is 0. The maximum atomic E-state index is 13.4. The van der Waals surface area contributed by atoms with Gasteiger partial charge in [0.2, 0.25) is 5.91 Å². The van der Waals surface area contributed by atoms with Crippen molar-refractivity contribution in [1.82, 2.24) is 4.90 Å². The van der Waals surface area contributed by atoms with Crippen LogP contribution in [0, 0.1) is 6.92 Å². The lowest BCUT2D eigenvalue weighted by molar-refractivity contribution is -0.139. The summed E-state index contributed by atoms with van der Waals surface area (Å²) in [7, 11) is 0. The van der Waals surface area contributed by atoms with E-state index >= 15 is 0 Å². The van der Waals surface area contributed by atoms with Crippen LogP contribution in [0.15, 0.2) is 53.1 Å². The molecule has 0 bridgehead atoms. The molecule has 1 atom stereocenters. The SMILES string of the molecule is Cc1ccc2c(CC(=O)N3CC(C(=O)N4CCCCC4)Oc4ccccc43)coc2c1. The Morgan fingerprint density at radius 1 is 1.06 bits per heavy atom. The zero-order valence-corrected chi connectivity index (χ0v) is 17.7. The van der Waals surface area contributed by atoms with Crippen LogP contribution in [0.1, 0.15) is 30.4 Å². The fourth-order valence-electron chi connectivity index (χ4n) is 4.50. The second-order valence-corrected chi connectivity index (χ2v) is 8.40.